The molecule has 0 bridgehead atoms. The third kappa shape index (κ3) is 0.593. The van der Waals surface area contributed by atoms with Crippen LogP contribution in [0.5, 0.6) is 0 Å². The quantitative estimate of drug-likeness (QED) is 0.502. The predicted molar refractivity (Wildman–Crippen MR) is 46.0 cm³/mol. The summed E-state index contributed by atoms with van der Waals surface area (Å²) in [6, 6.07) is 7.74. The molecule has 0 saturated carbocycles. The normalized spacial score (nSPS) is 11.3. The molecule has 0 aliphatic heterocycles. The third-order valence-corrected chi connectivity index (χ3v) is 2.07. The average Bonchev–Trinajstić information content (AvgIpc) is 2.71. The van der Waals surface area contributed by atoms with E-state index in [2.05, 4.69) is 0 Å². The van der Waals surface area contributed by atoms with Crippen LogP contribution in [0.3, 0.4) is 0 Å². The monoisotopic (exact) mass is 158 g/mol. The van der Waals surface area contributed by atoms with Crippen LogP contribution in [-0.4, -0.2) is 0 Å². The summed E-state index contributed by atoms with van der Waals surface area (Å²) < 4.78 is 10.5. The molecule has 0 saturated heterocycles. The Balaban J connectivity index is 2.71. The molecule has 0 radical (unpaired) electrons. The largest absolute Gasteiger partial charge is 0.464 e. The van der Waals surface area contributed by atoms with E-state index in [1.807, 2.05) is 24.3 Å². The van der Waals surface area contributed by atoms with Gasteiger partial charge in [-0.05, 0) is 24.3 Å². The van der Waals surface area contributed by atoms with Crippen molar-refractivity contribution in [2.24, 2.45) is 0 Å². The molecule has 1 aromatic carbocycles. The number of rotatable bonds is 0. The van der Waals surface area contributed by atoms with E-state index in [0.717, 1.165) is 21.9 Å². The zero-order chi connectivity index (χ0) is 7.97. The fourth-order valence-corrected chi connectivity index (χ4v) is 1.50. The summed E-state index contributed by atoms with van der Waals surface area (Å²) in [5, 5.41) is 2.22. The van der Waals surface area contributed by atoms with Crippen molar-refractivity contribution in [3.63, 3.8) is 0 Å². The molecule has 0 aliphatic rings. The minimum absolute atomic E-state index is 0.906. The van der Waals surface area contributed by atoms with Crippen LogP contribution in [0.15, 0.2) is 45.6 Å². The molecule has 0 unspecified atom stereocenters. The Morgan fingerprint density at radius 3 is 1.67 bits per heavy atom. The summed E-state index contributed by atoms with van der Waals surface area (Å²) in [7, 11) is 0. The molecule has 0 N–H and O–H groups in total. The van der Waals surface area contributed by atoms with E-state index >= 15 is 0 Å². The van der Waals surface area contributed by atoms with Gasteiger partial charge in [0.15, 0.2) is 0 Å². The van der Waals surface area contributed by atoms with Gasteiger partial charge >= 0.3 is 0 Å². The zero-order valence-electron chi connectivity index (χ0n) is 6.28. The fraction of sp³-hybridized carbons (Fsp3) is 0. The lowest BCUT2D eigenvalue weighted by molar-refractivity contribution is 0.611. The summed E-state index contributed by atoms with van der Waals surface area (Å²) >= 11 is 0. The number of hydrogen-bond acceptors (Lipinski definition) is 2. The van der Waals surface area contributed by atoms with Gasteiger partial charge in [0, 0.05) is 10.8 Å². The van der Waals surface area contributed by atoms with Crippen molar-refractivity contribution in [2.75, 3.05) is 0 Å². The Hall–Kier alpha value is -1.70. The van der Waals surface area contributed by atoms with Crippen LogP contribution >= 0.6 is 0 Å². The van der Waals surface area contributed by atoms with Crippen molar-refractivity contribution in [3.8, 4) is 0 Å². The summed E-state index contributed by atoms with van der Waals surface area (Å²) in [6.45, 7) is 0. The standard InChI is InChI=1S/C10H6O2/c1-2-10-8(4-6-12-10)7-3-5-11-9(1)7/h1-6H. The SMILES string of the molecule is c1cc2c(ccc3occc32)o1. The lowest BCUT2D eigenvalue weighted by Gasteiger charge is -1.88. The van der Waals surface area contributed by atoms with Crippen molar-refractivity contribution in [2.45, 2.75) is 0 Å². The van der Waals surface area contributed by atoms with E-state index in [4.69, 9.17) is 8.83 Å². The molecule has 0 aliphatic carbocycles. The van der Waals surface area contributed by atoms with Crippen LogP contribution in [0.25, 0.3) is 21.9 Å². The summed E-state index contributed by atoms with van der Waals surface area (Å²) in [6.07, 6.45) is 3.38. The Bertz CT molecular complexity index is 481. The molecular formula is C10H6O2. The molecule has 58 valence electrons. The highest BCUT2D eigenvalue weighted by Crippen LogP contribution is 2.26. The number of furan rings is 2. The molecule has 2 nitrogen and oxygen atoms in total. The van der Waals surface area contributed by atoms with Crippen LogP contribution in [0, 0.1) is 0 Å². The molecule has 0 atom stereocenters. The molecule has 2 aromatic heterocycles. The average molecular weight is 158 g/mol. The van der Waals surface area contributed by atoms with Crippen molar-refractivity contribution < 1.29 is 8.83 Å². The summed E-state index contributed by atoms with van der Waals surface area (Å²) in [4.78, 5) is 0. The molecule has 0 fully saturated rings. The van der Waals surface area contributed by atoms with Gasteiger partial charge in [-0.15, -0.1) is 0 Å². The van der Waals surface area contributed by atoms with Crippen LogP contribution in [0.2, 0.25) is 0 Å². The molecule has 3 aromatic rings. The molecule has 2 heterocycles. The second-order valence-corrected chi connectivity index (χ2v) is 2.73. The van der Waals surface area contributed by atoms with Gasteiger partial charge in [0.1, 0.15) is 11.2 Å². The van der Waals surface area contributed by atoms with Crippen molar-refractivity contribution >= 4 is 21.9 Å². The lowest BCUT2D eigenvalue weighted by Crippen LogP contribution is -1.64. The predicted octanol–water partition coefficient (Wildman–Crippen LogP) is 3.18. The van der Waals surface area contributed by atoms with Gasteiger partial charge in [-0.1, -0.05) is 0 Å². The van der Waals surface area contributed by atoms with Crippen molar-refractivity contribution in [3.05, 3.63) is 36.8 Å². The Labute approximate surface area is 68.4 Å². The Morgan fingerprint density at radius 1 is 0.667 bits per heavy atom. The molecule has 0 spiro atoms. The molecular weight excluding hydrogens is 152 g/mol. The summed E-state index contributed by atoms with van der Waals surface area (Å²) in [5.74, 6) is 0. The maximum absolute atomic E-state index is 5.25. The van der Waals surface area contributed by atoms with E-state index in [1.165, 1.54) is 0 Å². The van der Waals surface area contributed by atoms with Gasteiger partial charge in [0.05, 0.1) is 12.5 Å². The third-order valence-electron chi connectivity index (χ3n) is 2.07. The van der Waals surface area contributed by atoms with E-state index in [-0.39, 0.29) is 0 Å². The minimum atomic E-state index is 0.906. The second kappa shape index (κ2) is 1.91. The Morgan fingerprint density at radius 2 is 1.17 bits per heavy atom. The minimum Gasteiger partial charge on any atom is -0.464 e. The van der Waals surface area contributed by atoms with E-state index in [0.29, 0.717) is 0 Å². The van der Waals surface area contributed by atoms with Gasteiger partial charge in [-0.2, -0.15) is 0 Å². The molecule has 2 heteroatoms. The van der Waals surface area contributed by atoms with Crippen LogP contribution in [0.1, 0.15) is 0 Å². The highest BCUT2D eigenvalue weighted by molar-refractivity contribution is 6.03. The first kappa shape index (κ1) is 5.89. The topological polar surface area (TPSA) is 26.3 Å². The van der Waals surface area contributed by atoms with E-state index in [9.17, 15) is 0 Å². The van der Waals surface area contributed by atoms with Gasteiger partial charge in [0.2, 0.25) is 0 Å². The van der Waals surface area contributed by atoms with Crippen molar-refractivity contribution in [1.82, 2.24) is 0 Å². The zero-order valence-corrected chi connectivity index (χ0v) is 6.28. The van der Waals surface area contributed by atoms with Gasteiger partial charge < -0.3 is 8.83 Å². The highest BCUT2D eigenvalue weighted by atomic mass is 16.3. The van der Waals surface area contributed by atoms with Crippen molar-refractivity contribution in [1.29, 1.82) is 0 Å². The number of benzene rings is 1. The first-order valence-electron chi connectivity index (χ1n) is 3.78. The first-order chi connectivity index (χ1) is 5.95. The van der Waals surface area contributed by atoms with Crippen LogP contribution in [-0.2, 0) is 0 Å². The van der Waals surface area contributed by atoms with E-state index < -0.39 is 0 Å². The van der Waals surface area contributed by atoms with Gasteiger partial charge in [0.25, 0.3) is 0 Å². The number of fused-ring (bicyclic) bond motifs is 3. The number of hydrogen-bond donors (Lipinski definition) is 0. The highest BCUT2D eigenvalue weighted by Gasteiger charge is 2.03. The Kier molecular flexibility index (Phi) is 0.939. The van der Waals surface area contributed by atoms with Crippen LogP contribution < -0.4 is 0 Å². The molecule has 12 heavy (non-hydrogen) atoms. The maximum atomic E-state index is 5.25. The van der Waals surface area contributed by atoms with Gasteiger partial charge in [-0.25, -0.2) is 0 Å². The molecule has 0 amide bonds. The maximum Gasteiger partial charge on any atom is 0.134 e. The summed E-state index contributed by atoms with van der Waals surface area (Å²) in [5.41, 5.74) is 1.81. The first-order valence-corrected chi connectivity index (χ1v) is 3.78. The smallest absolute Gasteiger partial charge is 0.134 e. The van der Waals surface area contributed by atoms with Crippen LogP contribution in [0.4, 0.5) is 0 Å². The fourth-order valence-electron chi connectivity index (χ4n) is 1.50. The lowest BCUT2D eigenvalue weighted by atomic mass is 10.2. The second-order valence-electron chi connectivity index (χ2n) is 2.73. The van der Waals surface area contributed by atoms with Gasteiger partial charge in [-0.3, -0.25) is 0 Å². The molecule has 3 rings (SSSR count). The van der Waals surface area contributed by atoms with E-state index in [1.54, 1.807) is 12.5 Å².